The highest BCUT2D eigenvalue weighted by atomic mass is 32.1. The average molecular weight is 325 g/mol. The Morgan fingerprint density at radius 2 is 1.61 bits per heavy atom. The summed E-state index contributed by atoms with van der Waals surface area (Å²) in [5.74, 6) is 0.354. The van der Waals surface area contributed by atoms with E-state index in [-0.39, 0.29) is 0 Å². The number of hydrogen-bond donors (Lipinski definition) is 3. The van der Waals surface area contributed by atoms with Crippen LogP contribution in [0.4, 0.5) is 0 Å². The van der Waals surface area contributed by atoms with Gasteiger partial charge in [0.1, 0.15) is 0 Å². The topological polar surface area (TPSA) is 36.1 Å². The third-order valence-corrected chi connectivity index (χ3v) is 4.77. The molecule has 0 spiro atoms. The first-order chi connectivity index (χ1) is 11.3. The molecule has 2 aromatic carbocycles. The molecule has 120 valence electrons. The first-order valence-electron chi connectivity index (χ1n) is 8.09. The second kappa shape index (κ2) is 7.57. The molecule has 3 N–H and O–H groups in total. The summed E-state index contributed by atoms with van der Waals surface area (Å²) in [7, 11) is 1.85. The van der Waals surface area contributed by atoms with Gasteiger partial charge in [-0.3, -0.25) is 0 Å². The van der Waals surface area contributed by atoms with Crippen molar-refractivity contribution in [2.75, 3.05) is 13.6 Å². The first-order valence-corrected chi connectivity index (χ1v) is 8.50. The van der Waals surface area contributed by atoms with Gasteiger partial charge in [0.2, 0.25) is 0 Å². The van der Waals surface area contributed by atoms with Gasteiger partial charge in [-0.2, -0.15) is 0 Å². The number of rotatable bonds is 4. The number of thiocarbonyl (C=S) groups is 1. The van der Waals surface area contributed by atoms with Crippen LogP contribution in [0.1, 0.15) is 23.5 Å². The average Bonchev–Trinajstić information content (AvgIpc) is 3.05. The fraction of sp³-hybridized carbons (Fsp3) is 0.316. The minimum atomic E-state index is 0.354. The molecule has 0 aromatic heterocycles. The van der Waals surface area contributed by atoms with Crippen molar-refractivity contribution in [3.8, 4) is 0 Å². The lowest BCUT2D eigenvalue weighted by atomic mass is 9.84. The normalized spacial score (nSPS) is 20.4. The Bertz CT molecular complexity index is 590. The molecule has 0 unspecified atom stereocenters. The maximum absolute atomic E-state index is 5.23. The van der Waals surface area contributed by atoms with Crippen molar-refractivity contribution in [2.45, 2.75) is 24.4 Å². The van der Waals surface area contributed by atoms with Crippen LogP contribution in [-0.2, 0) is 0 Å². The molecule has 1 heterocycles. The molecule has 0 aliphatic carbocycles. The fourth-order valence-electron chi connectivity index (χ4n) is 3.37. The Morgan fingerprint density at radius 3 is 2.13 bits per heavy atom. The van der Waals surface area contributed by atoms with E-state index < -0.39 is 0 Å². The molecule has 1 aliphatic rings. The van der Waals surface area contributed by atoms with Crippen molar-refractivity contribution in [3.63, 3.8) is 0 Å². The zero-order chi connectivity index (χ0) is 16.1. The lowest BCUT2D eigenvalue weighted by molar-refractivity contribution is 0.531. The van der Waals surface area contributed by atoms with Crippen LogP contribution in [0, 0.1) is 0 Å². The van der Waals surface area contributed by atoms with E-state index in [4.69, 9.17) is 12.2 Å². The van der Waals surface area contributed by atoms with E-state index in [2.05, 4.69) is 76.6 Å². The van der Waals surface area contributed by atoms with E-state index in [1.165, 1.54) is 11.1 Å². The minimum Gasteiger partial charge on any atom is -0.366 e. The molecule has 0 bridgehead atoms. The van der Waals surface area contributed by atoms with Crippen LogP contribution in [0.5, 0.6) is 0 Å². The lowest BCUT2D eigenvalue weighted by Gasteiger charge is -2.25. The van der Waals surface area contributed by atoms with Crippen LogP contribution in [0.2, 0.25) is 0 Å². The SMILES string of the molecule is CNC(=S)N[C@@H]1CN[C@@H](C(c2ccccc2)c2ccccc2)C1. The highest BCUT2D eigenvalue weighted by molar-refractivity contribution is 7.80. The van der Waals surface area contributed by atoms with E-state index in [1.54, 1.807) is 0 Å². The third-order valence-electron chi connectivity index (χ3n) is 4.45. The molecule has 0 amide bonds. The van der Waals surface area contributed by atoms with Crippen LogP contribution in [0.15, 0.2) is 60.7 Å². The van der Waals surface area contributed by atoms with Gasteiger partial charge in [0, 0.05) is 31.6 Å². The zero-order valence-corrected chi connectivity index (χ0v) is 14.1. The fourth-order valence-corrected chi connectivity index (χ4v) is 3.53. The number of hydrogen-bond acceptors (Lipinski definition) is 2. The molecule has 4 heteroatoms. The maximum atomic E-state index is 5.23. The molecule has 3 rings (SSSR count). The summed E-state index contributed by atoms with van der Waals surface area (Å²) < 4.78 is 0. The highest BCUT2D eigenvalue weighted by Crippen LogP contribution is 2.32. The zero-order valence-electron chi connectivity index (χ0n) is 13.3. The molecular weight excluding hydrogens is 302 g/mol. The van der Waals surface area contributed by atoms with E-state index in [0.717, 1.165) is 13.0 Å². The second-order valence-electron chi connectivity index (χ2n) is 5.97. The maximum Gasteiger partial charge on any atom is 0.166 e. The van der Waals surface area contributed by atoms with E-state index in [9.17, 15) is 0 Å². The van der Waals surface area contributed by atoms with Gasteiger partial charge in [0.25, 0.3) is 0 Å². The van der Waals surface area contributed by atoms with E-state index in [1.807, 2.05) is 7.05 Å². The van der Waals surface area contributed by atoms with Crippen molar-refractivity contribution in [2.24, 2.45) is 0 Å². The predicted molar refractivity (Wildman–Crippen MR) is 99.7 cm³/mol. The Labute approximate surface area is 143 Å². The quantitative estimate of drug-likeness (QED) is 0.756. The van der Waals surface area contributed by atoms with Crippen LogP contribution in [0.25, 0.3) is 0 Å². The summed E-state index contributed by atoms with van der Waals surface area (Å²) in [4.78, 5) is 0. The second-order valence-corrected chi connectivity index (χ2v) is 6.38. The van der Waals surface area contributed by atoms with Crippen molar-refractivity contribution >= 4 is 17.3 Å². The van der Waals surface area contributed by atoms with Gasteiger partial charge in [-0.15, -0.1) is 0 Å². The monoisotopic (exact) mass is 325 g/mol. The number of benzene rings is 2. The van der Waals surface area contributed by atoms with Crippen LogP contribution < -0.4 is 16.0 Å². The van der Waals surface area contributed by atoms with Gasteiger partial charge in [-0.1, -0.05) is 60.7 Å². The van der Waals surface area contributed by atoms with Crippen LogP contribution >= 0.6 is 12.2 Å². The van der Waals surface area contributed by atoms with Gasteiger partial charge >= 0.3 is 0 Å². The van der Waals surface area contributed by atoms with Gasteiger partial charge in [-0.05, 0) is 29.8 Å². The van der Waals surface area contributed by atoms with Crippen LogP contribution in [0.3, 0.4) is 0 Å². The summed E-state index contributed by atoms with van der Waals surface area (Å²) in [6.07, 6.45) is 1.05. The molecule has 0 saturated carbocycles. The summed E-state index contributed by atoms with van der Waals surface area (Å²) in [5, 5.41) is 10.8. The molecule has 2 atom stereocenters. The minimum absolute atomic E-state index is 0.354. The summed E-state index contributed by atoms with van der Waals surface area (Å²) in [6.45, 7) is 0.933. The molecule has 1 aliphatic heterocycles. The Balaban J connectivity index is 1.81. The van der Waals surface area contributed by atoms with Crippen molar-refractivity contribution in [1.29, 1.82) is 0 Å². The van der Waals surface area contributed by atoms with Crippen molar-refractivity contribution < 1.29 is 0 Å². The summed E-state index contributed by atoms with van der Waals surface area (Å²) >= 11 is 5.23. The van der Waals surface area contributed by atoms with Gasteiger partial charge in [0.05, 0.1) is 0 Å². The number of nitrogens with one attached hydrogen (secondary N) is 3. The highest BCUT2D eigenvalue weighted by Gasteiger charge is 2.32. The third kappa shape index (κ3) is 3.89. The van der Waals surface area contributed by atoms with E-state index in [0.29, 0.717) is 23.1 Å². The summed E-state index contributed by atoms with van der Waals surface area (Å²) in [5.41, 5.74) is 2.71. The molecular formula is C19H23N3S. The molecule has 1 fully saturated rings. The van der Waals surface area contributed by atoms with Gasteiger partial charge in [-0.25, -0.2) is 0 Å². The Morgan fingerprint density at radius 1 is 1.04 bits per heavy atom. The van der Waals surface area contributed by atoms with Crippen molar-refractivity contribution in [3.05, 3.63) is 71.8 Å². The largest absolute Gasteiger partial charge is 0.366 e. The Hall–Kier alpha value is -1.91. The summed E-state index contributed by atoms with van der Waals surface area (Å²) in [6, 6.07) is 22.3. The lowest BCUT2D eigenvalue weighted by Crippen LogP contribution is -2.41. The molecule has 2 aromatic rings. The molecule has 23 heavy (non-hydrogen) atoms. The smallest absolute Gasteiger partial charge is 0.166 e. The van der Waals surface area contributed by atoms with E-state index >= 15 is 0 Å². The van der Waals surface area contributed by atoms with Crippen molar-refractivity contribution in [1.82, 2.24) is 16.0 Å². The predicted octanol–water partition coefficient (Wildman–Crippen LogP) is 2.64. The molecule has 3 nitrogen and oxygen atoms in total. The molecule has 1 saturated heterocycles. The van der Waals surface area contributed by atoms with Gasteiger partial charge in [0.15, 0.2) is 5.11 Å². The first kappa shape index (κ1) is 16.0. The standard InChI is InChI=1S/C19H23N3S/c1-20-19(23)22-16-12-17(21-13-16)18(14-8-4-2-5-9-14)15-10-6-3-7-11-15/h2-11,16-18,21H,12-13H2,1H3,(H2,20,22,23)/t16-,17+/m0/s1. The molecule has 0 radical (unpaired) electrons. The van der Waals surface area contributed by atoms with Crippen LogP contribution in [-0.4, -0.2) is 30.8 Å². The van der Waals surface area contributed by atoms with Gasteiger partial charge < -0.3 is 16.0 Å². The Kier molecular flexibility index (Phi) is 5.26.